The summed E-state index contributed by atoms with van der Waals surface area (Å²) < 4.78 is 10.5. The van der Waals surface area contributed by atoms with Gasteiger partial charge in [0.1, 0.15) is 5.75 Å². The molecule has 0 bridgehead atoms. The van der Waals surface area contributed by atoms with Crippen LogP contribution in [0.4, 0.5) is 0 Å². The predicted octanol–water partition coefficient (Wildman–Crippen LogP) is 1.58. The normalized spacial score (nSPS) is 19.2. The molecule has 23 heavy (non-hydrogen) atoms. The Kier molecular flexibility index (Phi) is 5.98. The molecule has 1 aromatic carbocycles. The van der Waals surface area contributed by atoms with Gasteiger partial charge < -0.3 is 19.5 Å². The fraction of sp³-hybridized carbons (Fsp3) is 0.529. The van der Waals surface area contributed by atoms with Crippen molar-refractivity contribution >= 4 is 11.9 Å². The lowest BCUT2D eigenvalue weighted by molar-refractivity contribution is -0.159. The Labute approximate surface area is 136 Å². The second-order valence-electron chi connectivity index (χ2n) is 5.86. The monoisotopic (exact) mass is 321 g/mol. The van der Waals surface area contributed by atoms with Crippen molar-refractivity contribution in [3.63, 3.8) is 0 Å². The van der Waals surface area contributed by atoms with E-state index in [1.807, 2.05) is 31.2 Å². The first kappa shape index (κ1) is 17.3. The van der Waals surface area contributed by atoms with Crippen molar-refractivity contribution in [2.75, 3.05) is 26.8 Å². The van der Waals surface area contributed by atoms with E-state index >= 15 is 0 Å². The number of carboxylic acids is 1. The van der Waals surface area contributed by atoms with Crippen LogP contribution in [0.25, 0.3) is 0 Å². The third kappa shape index (κ3) is 4.69. The van der Waals surface area contributed by atoms with Crippen LogP contribution in [0.3, 0.4) is 0 Å². The number of rotatable bonds is 6. The van der Waals surface area contributed by atoms with E-state index < -0.39 is 12.1 Å². The zero-order valence-electron chi connectivity index (χ0n) is 13.5. The Morgan fingerprint density at radius 3 is 2.87 bits per heavy atom. The van der Waals surface area contributed by atoms with Gasteiger partial charge in [-0.2, -0.15) is 0 Å². The largest absolute Gasteiger partial charge is 0.496 e. The average Bonchev–Trinajstić information content (AvgIpc) is 2.55. The maximum Gasteiger partial charge on any atom is 0.334 e. The second-order valence-corrected chi connectivity index (χ2v) is 5.86. The summed E-state index contributed by atoms with van der Waals surface area (Å²) in [5.41, 5.74) is 1.07. The van der Waals surface area contributed by atoms with Gasteiger partial charge in [-0.1, -0.05) is 25.1 Å². The molecular formula is C17H23NO5. The van der Waals surface area contributed by atoms with Crippen LogP contribution < -0.4 is 4.74 Å². The van der Waals surface area contributed by atoms with Gasteiger partial charge in [0.25, 0.3) is 0 Å². The Morgan fingerprint density at radius 2 is 2.17 bits per heavy atom. The van der Waals surface area contributed by atoms with Gasteiger partial charge in [0.05, 0.1) is 20.3 Å². The van der Waals surface area contributed by atoms with Crippen LogP contribution in [0.2, 0.25) is 0 Å². The summed E-state index contributed by atoms with van der Waals surface area (Å²) in [5.74, 6) is -0.0828. The van der Waals surface area contributed by atoms with Crippen LogP contribution in [0.15, 0.2) is 24.3 Å². The molecule has 6 heteroatoms. The molecule has 0 unspecified atom stereocenters. The first-order valence-corrected chi connectivity index (χ1v) is 7.75. The molecule has 2 atom stereocenters. The molecular weight excluding hydrogens is 298 g/mol. The fourth-order valence-electron chi connectivity index (χ4n) is 2.77. The van der Waals surface area contributed by atoms with Crippen molar-refractivity contribution in [1.82, 2.24) is 4.90 Å². The van der Waals surface area contributed by atoms with Crippen LogP contribution in [0.1, 0.15) is 18.9 Å². The molecule has 126 valence electrons. The summed E-state index contributed by atoms with van der Waals surface area (Å²) in [4.78, 5) is 24.9. The van der Waals surface area contributed by atoms with E-state index in [4.69, 9.17) is 14.6 Å². The lowest BCUT2D eigenvalue weighted by atomic mass is 9.96. The number of aliphatic carboxylic acids is 1. The SMILES string of the molecule is COc1ccccc1C[C@@H](C)CC(=O)N1CCO[C@H](C(=O)O)C1. The molecule has 0 aliphatic carbocycles. The topological polar surface area (TPSA) is 76.1 Å². The number of benzene rings is 1. The van der Waals surface area contributed by atoms with E-state index in [2.05, 4.69) is 0 Å². The smallest absolute Gasteiger partial charge is 0.334 e. The van der Waals surface area contributed by atoms with Crippen molar-refractivity contribution in [2.24, 2.45) is 5.92 Å². The summed E-state index contributed by atoms with van der Waals surface area (Å²) in [6, 6.07) is 7.77. The van der Waals surface area contributed by atoms with E-state index in [-0.39, 0.29) is 25.0 Å². The second kappa shape index (κ2) is 7.97. The van der Waals surface area contributed by atoms with Crippen molar-refractivity contribution < 1.29 is 24.2 Å². The molecule has 1 N–H and O–H groups in total. The van der Waals surface area contributed by atoms with Crippen molar-refractivity contribution in [3.8, 4) is 5.75 Å². The first-order valence-electron chi connectivity index (χ1n) is 7.75. The number of morpholine rings is 1. The minimum absolute atomic E-state index is 0.0260. The number of amides is 1. The highest BCUT2D eigenvalue weighted by Gasteiger charge is 2.29. The highest BCUT2D eigenvalue weighted by atomic mass is 16.5. The number of ether oxygens (including phenoxy) is 2. The van der Waals surface area contributed by atoms with E-state index in [9.17, 15) is 9.59 Å². The molecule has 0 spiro atoms. The average molecular weight is 321 g/mol. The molecule has 0 radical (unpaired) electrons. The summed E-state index contributed by atoms with van der Waals surface area (Å²) >= 11 is 0. The van der Waals surface area contributed by atoms with Gasteiger partial charge in [-0.25, -0.2) is 4.79 Å². The molecule has 0 saturated carbocycles. The number of carbonyl (C=O) groups excluding carboxylic acids is 1. The molecule has 0 aromatic heterocycles. The molecule has 1 aromatic rings. The van der Waals surface area contributed by atoms with Gasteiger partial charge in [0.2, 0.25) is 5.91 Å². The van der Waals surface area contributed by atoms with Gasteiger partial charge in [0, 0.05) is 13.0 Å². The third-order valence-electron chi connectivity index (χ3n) is 3.98. The summed E-state index contributed by atoms with van der Waals surface area (Å²) in [6.45, 7) is 2.85. The molecule has 1 heterocycles. The van der Waals surface area contributed by atoms with Crippen LogP contribution in [0, 0.1) is 5.92 Å². The number of para-hydroxylation sites is 1. The molecule has 2 rings (SSSR count). The Morgan fingerprint density at radius 1 is 1.43 bits per heavy atom. The van der Waals surface area contributed by atoms with Crippen molar-refractivity contribution in [2.45, 2.75) is 25.9 Å². The van der Waals surface area contributed by atoms with Gasteiger partial charge in [0.15, 0.2) is 6.10 Å². The van der Waals surface area contributed by atoms with Gasteiger partial charge in [-0.3, -0.25) is 4.79 Å². The van der Waals surface area contributed by atoms with E-state index in [1.165, 1.54) is 0 Å². The van der Waals surface area contributed by atoms with Gasteiger partial charge in [-0.15, -0.1) is 0 Å². The molecule has 1 aliphatic heterocycles. The zero-order chi connectivity index (χ0) is 16.8. The standard InChI is InChI=1S/C17H23NO5/c1-12(9-13-5-3-4-6-14(13)22-2)10-16(19)18-7-8-23-15(11-18)17(20)21/h3-6,12,15H,7-11H2,1-2H3,(H,20,21)/t12-,15+/m1/s1. The number of hydrogen-bond acceptors (Lipinski definition) is 4. The van der Waals surface area contributed by atoms with Gasteiger partial charge >= 0.3 is 5.97 Å². The summed E-state index contributed by atoms with van der Waals surface area (Å²) in [5, 5.41) is 9.00. The lowest BCUT2D eigenvalue weighted by Gasteiger charge is -2.31. The summed E-state index contributed by atoms with van der Waals surface area (Å²) in [6.07, 6.45) is 0.199. The molecule has 1 amide bonds. The van der Waals surface area contributed by atoms with Gasteiger partial charge in [-0.05, 0) is 24.0 Å². The van der Waals surface area contributed by atoms with Crippen LogP contribution >= 0.6 is 0 Å². The van der Waals surface area contributed by atoms with Crippen LogP contribution in [-0.4, -0.2) is 54.8 Å². The van der Waals surface area contributed by atoms with E-state index in [0.29, 0.717) is 13.0 Å². The number of nitrogens with zero attached hydrogens (tertiary/aromatic N) is 1. The Bertz CT molecular complexity index is 560. The number of carbonyl (C=O) groups is 2. The molecule has 1 fully saturated rings. The molecule has 1 aliphatic rings. The minimum atomic E-state index is -1.02. The van der Waals surface area contributed by atoms with Crippen LogP contribution in [0.5, 0.6) is 5.75 Å². The fourth-order valence-corrected chi connectivity index (χ4v) is 2.77. The highest BCUT2D eigenvalue weighted by Crippen LogP contribution is 2.22. The van der Waals surface area contributed by atoms with Crippen molar-refractivity contribution in [1.29, 1.82) is 0 Å². The number of hydrogen-bond donors (Lipinski definition) is 1. The maximum atomic E-state index is 12.4. The predicted molar refractivity (Wildman–Crippen MR) is 84.4 cm³/mol. The first-order chi connectivity index (χ1) is 11.0. The summed E-state index contributed by atoms with van der Waals surface area (Å²) in [7, 11) is 1.63. The zero-order valence-corrected chi connectivity index (χ0v) is 13.5. The highest BCUT2D eigenvalue weighted by molar-refractivity contribution is 5.78. The Balaban J connectivity index is 1.90. The number of methoxy groups -OCH3 is 1. The molecule has 1 saturated heterocycles. The van der Waals surface area contributed by atoms with E-state index in [1.54, 1.807) is 12.0 Å². The third-order valence-corrected chi connectivity index (χ3v) is 3.98. The quantitative estimate of drug-likeness (QED) is 0.861. The maximum absolute atomic E-state index is 12.4. The van der Waals surface area contributed by atoms with E-state index in [0.717, 1.165) is 17.7 Å². The number of carboxylic acid groups (broad SMARTS) is 1. The lowest BCUT2D eigenvalue weighted by Crippen LogP contribution is -2.48. The Hall–Kier alpha value is -2.08. The van der Waals surface area contributed by atoms with Crippen LogP contribution in [-0.2, 0) is 20.7 Å². The molecule has 6 nitrogen and oxygen atoms in total. The van der Waals surface area contributed by atoms with Crippen molar-refractivity contribution in [3.05, 3.63) is 29.8 Å². The minimum Gasteiger partial charge on any atom is -0.496 e.